The van der Waals surface area contributed by atoms with Gasteiger partial charge >= 0.3 is 0 Å². The summed E-state index contributed by atoms with van der Waals surface area (Å²) in [4.78, 5) is 0. The fourth-order valence-corrected chi connectivity index (χ4v) is 2.42. The average Bonchev–Trinajstić information content (AvgIpc) is 2.29. The van der Waals surface area contributed by atoms with Crippen LogP contribution in [0.3, 0.4) is 0 Å². The van der Waals surface area contributed by atoms with Crippen LogP contribution in [0.15, 0.2) is 18.2 Å². The quantitative estimate of drug-likeness (QED) is 0.835. The van der Waals surface area contributed by atoms with E-state index in [0.29, 0.717) is 16.7 Å². The van der Waals surface area contributed by atoms with Crippen molar-refractivity contribution >= 4 is 23.2 Å². The Kier molecular flexibility index (Phi) is 5.93. The topological polar surface area (TPSA) is 21.3 Å². The Balaban J connectivity index is 3.07. The number of likely N-dealkylation sites (N-methyl/N-ethyl adjacent to an activating group) is 1. The Bertz CT molecular complexity index is 393. The average molecular weight is 290 g/mol. The zero-order valence-electron chi connectivity index (χ0n) is 11.4. The van der Waals surface area contributed by atoms with Gasteiger partial charge in [-0.1, -0.05) is 36.2 Å². The second kappa shape index (κ2) is 6.76. The smallest absolute Gasteiger partial charge is 0.0820 e. The minimum absolute atomic E-state index is 0.0808. The van der Waals surface area contributed by atoms with Gasteiger partial charge < -0.3 is 10.1 Å². The van der Waals surface area contributed by atoms with Crippen molar-refractivity contribution in [2.75, 3.05) is 13.2 Å². The highest BCUT2D eigenvalue weighted by atomic mass is 35.5. The van der Waals surface area contributed by atoms with Gasteiger partial charge in [0.1, 0.15) is 0 Å². The molecule has 18 heavy (non-hydrogen) atoms. The van der Waals surface area contributed by atoms with Crippen molar-refractivity contribution in [3.63, 3.8) is 0 Å². The summed E-state index contributed by atoms with van der Waals surface area (Å²) < 4.78 is 5.83. The fraction of sp³-hybridized carbons (Fsp3) is 0.571. The number of hydrogen-bond acceptors (Lipinski definition) is 2. The van der Waals surface area contributed by atoms with Crippen LogP contribution in [0.5, 0.6) is 0 Å². The van der Waals surface area contributed by atoms with E-state index in [1.165, 1.54) is 0 Å². The van der Waals surface area contributed by atoms with Gasteiger partial charge in [-0.05, 0) is 45.0 Å². The standard InChI is InChI=1S/C14H21Cl2NO/c1-5-17-13(14(3,4)18-6-2)10-7-8-11(15)12(16)9-10/h7-9,13,17H,5-6H2,1-4H3. The molecule has 0 aliphatic heterocycles. The van der Waals surface area contributed by atoms with Gasteiger partial charge in [0.2, 0.25) is 0 Å². The third kappa shape index (κ3) is 3.86. The van der Waals surface area contributed by atoms with Crippen LogP contribution in [-0.2, 0) is 4.74 Å². The first-order chi connectivity index (χ1) is 8.42. The predicted molar refractivity (Wildman–Crippen MR) is 78.6 cm³/mol. The van der Waals surface area contributed by atoms with E-state index in [0.717, 1.165) is 12.1 Å². The van der Waals surface area contributed by atoms with E-state index in [1.54, 1.807) is 0 Å². The first kappa shape index (κ1) is 15.8. The lowest BCUT2D eigenvalue weighted by Gasteiger charge is -2.35. The van der Waals surface area contributed by atoms with Crippen LogP contribution in [0.2, 0.25) is 10.0 Å². The molecule has 0 heterocycles. The molecule has 0 aliphatic rings. The predicted octanol–water partition coefficient (Wildman–Crippen LogP) is 4.46. The molecule has 2 nitrogen and oxygen atoms in total. The lowest BCUT2D eigenvalue weighted by atomic mass is 9.91. The van der Waals surface area contributed by atoms with Gasteiger partial charge in [0.15, 0.2) is 0 Å². The molecule has 0 bridgehead atoms. The second-order valence-electron chi connectivity index (χ2n) is 4.70. The maximum Gasteiger partial charge on any atom is 0.0820 e. The van der Waals surface area contributed by atoms with Gasteiger partial charge in [-0.25, -0.2) is 0 Å². The molecular formula is C14H21Cl2NO. The van der Waals surface area contributed by atoms with Crippen LogP contribution in [-0.4, -0.2) is 18.8 Å². The maximum atomic E-state index is 6.08. The van der Waals surface area contributed by atoms with E-state index in [1.807, 2.05) is 25.1 Å². The Morgan fingerprint density at radius 1 is 1.22 bits per heavy atom. The summed E-state index contributed by atoms with van der Waals surface area (Å²) in [6.45, 7) is 9.77. The zero-order valence-corrected chi connectivity index (χ0v) is 12.9. The summed E-state index contributed by atoms with van der Waals surface area (Å²) in [5, 5.41) is 4.59. The molecule has 0 aliphatic carbocycles. The molecule has 1 aromatic carbocycles. The third-order valence-electron chi connectivity index (χ3n) is 2.90. The van der Waals surface area contributed by atoms with Crippen LogP contribution in [0, 0.1) is 0 Å². The molecule has 1 aromatic rings. The summed E-state index contributed by atoms with van der Waals surface area (Å²) >= 11 is 12.0. The van der Waals surface area contributed by atoms with Crippen LogP contribution in [0.4, 0.5) is 0 Å². The fourth-order valence-electron chi connectivity index (χ4n) is 2.12. The Labute approximate surface area is 120 Å². The third-order valence-corrected chi connectivity index (χ3v) is 3.64. The SMILES string of the molecule is CCNC(c1ccc(Cl)c(Cl)c1)C(C)(C)OCC. The number of ether oxygens (including phenoxy) is 1. The van der Waals surface area contributed by atoms with Crippen molar-refractivity contribution in [2.45, 2.75) is 39.3 Å². The van der Waals surface area contributed by atoms with E-state index in [4.69, 9.17) is 27.9 Å². The maximum absolute atomic E-state index is 6.08. The van der Waals surface area contributed by atoms with Crippen molar-refractivity contribution in [1.29, 1.82) is 0 Å². The number of halogens is 2. The highest BCUT2D eigenvalue weighted by Crippen LogP contribution is 2.32. The highest BCUT2D eigenvalue weighted by molar-refractivity contribution is 6.42. The largest absolute Gasteiger partial charge is 0.374 e. The van der Waals surface area contributed by atoms with E-state index >= 15 is 0 Å². The Hall–Kier alpha value is -0.280. The van der Waals surface area contributed by atoms with Crippen molar-refractivity contribution in [1.82, 2.24) is 5.32 Å². The molecule has 0 saturated heterocycles. The molecule has 0 fully saturated rings. The van der Waals surface area contributed by atoms with Gasteiger partial charge in [0.05, 0.1) is 21.7 Å². The number of nitrogens with one attached hydrogen (secondary N) is 1. The summed E-state index contributed by atoms with van der Waals surface area (Å²) in [5.74, 6) is 0. The lowest BCUT2D eigenvalue weighted by molar-refractivity contribution is -0.0388. The Morgan fingerprint density at radius 3 is 2.39 bits per heavy atom. The van der Waals surface area contributed by atoms with E-state index in [9.17, 15) is 0 Å². The highest BCUT2D eigenvalue weighted by Gasteiger charge is 2.31. The summed E-state index contributed by atoms with van der Waals surface area (Å²) in [5.41, 5.74) is 0.784. The first-order valence-corrected chi connectivity index (χ1v) is 7.00. The minimum Gasteiger partial charge on any atom is -0.374 e. The summed E-state index contributed by atoms with van der Waals surface area (Å²) in [7, 11) is 0. The van der Waals surface area contributed by atoms with Gasteiger partial charge in [-0.3, -0.25) is 0 Å². The normalized spacial score (nSPS) is 13.7. The van der Waals surface area contributed by atoms with E-state index in [-0.39, 0.29) is 11.6 Å². The number of hydrogen-bond donors (Lipinski definition) is 1. The summed E-state index contributed by atoms with van der Waals surface area (Å²) in [6, 6.07) is 5.79. The molecule has 1 unspecified atom stereocenters. The molecule has 0 aromatic heterocycles. The van der Waals surface area contributed by atoms with Crippen molar-refractivity contribution in [2.24, 2.45) is 0 Å². The first-order valence-electron chi connectivity index (χ1n) is 6.24. The molecule has 0 saturated carbocycles. The minimum atomic E-state index is -0.304. The van der Waals surface area contributed by atoms with Gasteiger partial charge in [-0.15, -0.1) is 0 Å². The Morgan fingerprint density at radius 2 is 1.89 bits per heavy atom. The van der Waals surface area contributed by atoms with Crippen LogP contribution in [0.1, 0.15) is 39.3 Å². The van der Waals surface area contributed by atoms with E-state index in [2.05, 4.69) is 26.1 Å². The van der Waals surface area contributed by atoms with Crippen molar-refractivity contribution < 1.29 is 4.74 Å². The monoisotopic (exact) mass is 289 g/mol. The van der Waals surface area contributed by atoms with Crippen LogP contribution < -0.4 is 5.32 Å². The molecule has 0 amide bonds. The molecule has 1 N–H and O–H groups in total. The lowest BCUT2D eigenvalue weighted by Crippen LogP contribution is -2.41. The molecule has 1 rings (SSSR count). The number of benzene rings is 1. The molecule has 102 valence electrons. The zero-order chi connectivity index (χ0) is 13.8. The van der Waals surface area contributed by atoms with Gasteiger partial charge in [0.25, 0.3) is 0 Å². The van der Waals surface area contributed by atoms with Crippen LogP contribution in [0.25, 0.3) is 0 Å². The molecule has 0 radical (unpaired) electrons. The number of rotatable bonds is 6. The van der Waals surface area contributed by atoms with E-state index < -0.39 is 0 Å². The van der Waals surface area contributed by atoms with Crippen molar-refractivity contribution in [3.8, 4) is 0 Å². The van der Waals surface area contributed by atoms with Gasteiger partial charge in [-0.2, -0.15) is 0 Å². The second-order valence-corrected chi connectivity index (χ2v) is 5.52. The van der Waals surface area contributed by atoms with Gasteiger partial charge in [0, 0.05) is 6.61 Å². The van der Waals surface area contributed by atoms with Crippen LogP contribution >= 0.6 is 23.2 Å². The molecule has 1 atom stereocenters. The van der Waals surface area contributed by atoms with Crippen molar-refractivity contribution in [3.05, 3.63) is 33.8 Å². The molecular weight excluding hydrogens is 269 g/mol. The summed E-state index contributed by atoms with van der Waals surface area (Å²) in [6.07, 6.45) is 0. The molecule has 0 spiro atoms. The molecule has 4 heteroatoms.